The minimum absolute atomic E-state index is 0. The molecule has 12 heteroatoms. The van der Waals surface area contributed by atoms with E-state index in [1.54, 1.807) is 0 Å². The third-order valence-electron chi connectivity index (χ3n) is 2.05. The second-order valence-electron chi connectivity index (χ2n) is 3.21. The quantitative estimate of drug-likeness (QED) is 0.472. The van der Waals surface area contributed by atoms with Gasteiger partial charge in [-0.15, -0.1) is 0 Å². The summed E-state index contributed by atoms with van der Waals surface area (Å²) in [7, 11) is -9.53. The molecule has 0 spiro atoms. The van der Waals surface area contributed by atoms with Gasteiger partial charge in [0.15, 0.2) is 4.98 Å². The first-order valence-electron chi connectivity index (χ1n) is 4.13. The molecule has 106 valence electrons. The molecule has 0 heterocycles. The third-order valence-corrected chi connectivity index (χ3v) is 5.30. The van der Waals surface area contributed by atoms with Crippen molar-refractivity contribution in [1.82, 2.24) is 0 Å². The zero-order valence-electron chi connectivity index (χ0n) is 9.07. The van der Waals surface area contributed by atoms with E-state index in [0.717, 1.165) is 6.07 Å². The van der Waals surface area contributed by atoms with Crippen LogP contribution in [0.4, 0.5) is 5.69 Å². The number of nitrogens with zero attached hydrogens (tertiary/aromatic N) is 2. The van der Waals surface area contributed by atoms with Crippen molar-refractivity contribution in [3.63, 3.8) is 0 Å². The Kier molecular flexibility index (Phi) is 5.46. The Bertz CT molecular complexity index is 768. The first kappa shape index (κ1) is 18.2. The van der Waals surface area contributed by atoms with E-state index < -0.39 is 40.2 Å². The Morgan fingerprint density at radius 1 is 1.21 bits per heavy atom. The number of rotatable bonds is 2. The molecule has 1 rings (SSSR count). The van der Waals surface area contributed by atoms with Crippen LogP contribution in [0, 0.1) is 12.3 Å². The van der Waals surface area contributed by atoms with Gasteiger partial charge in [-0.05, 0) is 22.9 Å². The molecule has 19 heavy (non-hydrogen) atoms. The molecular weight excluding hydrogens is 388 g/mol. The van der Waals surface area contributed by atoms with E-state index >= 15 is 0 Å². The molecule has 0 saturated carbocycles. The Morgan fingerprint density at radius 3 is 2.00 bits per heavy atom. The lowest BCUT2D eigenvalue weighted by Crippen LogP contribution is -3.00. The van der Waals surface area contributed by atoms with Crippen molar-refractivity contribution in [2.45, 2.75) is 16.7 Å². The van der Waals surface area contributed by atoms with Crippen molar-refractivity contribution in [1.29, 1.82) is 5.39 Å². The Hall–Kier alpha value is -0.770. The van der Waals surface area contributed by atoms with Gasteiger partial charge < -0.3 is 12.4 Å². The molecule has 8 nitrogen and oxygen atoms in total. The maximum atomic E-state index is 11.1. The second kappa shape index (κ2) is 5.70. The van der Waals surface area contributed by atoms with Crippen molar-refractivity contribution in [3.8, 4) is 0 Å². The third kappa shape index (κ3) is 3.62. The van der Waals surface area contributed by atoms with Crippen molar-refractivity contribution in [3.05, 3.63) is 21.1 Å². The number of halogens is 2. The Morgan fingerprint density at radius 2 is 1.68 bits per heavy atom. The average molecular weight is 394 g/mol. The van der Waals surface area contributed by atoms with Crippen LogP contribution in [-0.4, -0.2) is 25.9 Å². The summed E-state index contributed by atoms with van der Waals surface area (Å²) in [5, 5.41) is 8.65. The summed E-state index contributed by atoms with van der Waals surface area (Å²) >= 11 is 2.67. The Labute approximate surface area is 123 Å². The molecule has 1 aromatic carbocycles. The van der Waals surface area contributed by atoms with E-state index in [0.29, 0.717) is 0 Å². The largest absolute Gasteiger partial charge is 1.00 e. The lowest BCUT2D eigenvalue weighted by molar-refractivity contribution is -0.0000122. The smallest absolute Gasteiger partial charge is 0.390 e. The molecule has 1 aromatic rings. The summed E-state index contributed by atoms with van der Waals surface area (Å²) < 4.78 is 61.7. The van der Waals surface area contributed by atoms with E-state index in [4.69, 9.17) is 14.5 Å². The SMILES string of the molecule is Cc1c([N+]#N)cc(S(=O)(=O)O)c(Br)c1S(=O)(=O)O.[Cl-]. The summed E-state index contributed by atoms with van der Waals surface area (Å²) in [5.74, 6) is 0. The van der Waals surface area contributed by atoms with Crippen LogP contribution >= 0.6 is 15.9 Å². The van der Waals surface area contributed by atoms with Gasteiger partial charge in [0.05, 0.1) is 16.1 Å². The van der Waals surface area contributed by atoms with Crippen LogP contribution < -0.4 is 12.4 Å². The molecule has 2 N–H and O–H groups in total. The fourth-order valence-electron chi connectivity index (χ4n) is 1.29. The van der Waals surface area contributed by atoms with Crippen molar-refractivity contribution in [2.75, 3.05) is 0 Å². The van der Waals surface area contributed by atoms with Crippen molar-refractivity contribution < 1.29 is 38.3 Å². The number of benzene rings is 1. The molecule has 0 aliphatic heterocycles. The minimum Gasteiger partial charge on any atom is -1.00 e. The highest BCUT2D eigenvalue weighted by Crippen LogP contribution is 2.37. The summed E-state index contributed by atoms with van der Waals surface area (Å²) in [4.78, 5) is 1.05. The van der Waals surface area contributed by atoms with Gasteiger partial charge >= 0.3 is 5.69 Å². The van der Waals surface area contributed by atoms with Gasteiger partial charge in [-0.2, -0.15) is 16.8 Å². The van der Waals surface area contributed by atoms with Gasteiger partial charge in [0, 0.05) is 0 Å². The van der Waals surface area contributed by atoms with E-state index in [1.807, 2.05) is 0 Å². The van der Waals surface area contributed by atoms with E-state index in [1.165, 1.54) is 6.92 Å². The molecule has 0 aliphatic rings. The fraction of sp³-hybridized carbons (Fsp3) is 0.143. The molecule has 0 fully saturated rings. The maximum absolute atomic E-state index is 11.1. The molecule has 0 unspecified atom stereocenters. The summed E-state index contributed by atoms with van der Waals surface area (Å²) in [6.07, 6.45) is 0. The van der Waals surface area contributed by atoms with Crippen LogP contribution in [0.3, 0.4) is 0 Å². The Balaban J connectivity index is 0.00000324. The molecule has 0 bridgehead atoms. The zero-order valence-corrected chi connectivity index (χ0v) is 13.0. The second-order valence-corrected chi connectivity index (χ2v) is 6.75. The summed E-state index contributed by atoms with van der Waals surface area (Å²) in [6.45, 7) is 1.19. The molecule has 0 saturated heterocycles. The van der Waals surface area contributed by atoms with E-state index in [2.05, 4.69) is 20.9 Å². The first-order chi connectivity index (χ1) is 8.00. The van der Waals surface area contributed by atoms with Gasteiger partial charge in [0.1, 0.15) is 9.79 Å². The lowest BCUT2D eigenvalue weighted by Gasteiger charge is -2.06. The van der Waals surface area contributed by atoms with Crippen LogP contribution in [-0.2, 0) is 20.2 Å². The van der Waals surface area contributed by atoms with Gasteiger partial charge in [-0.25, -0.2) is 0 Å². The highest BCUT2D eigenvalue weighted by Gasteiger charge is 2.31. The van der Waals surface area contributed by atoms with Crippen molar-refractivity contribution >= 4 is 41.9 Å². The summed E-state index contributed by atoms with van der Waals surface area (Å²) in [5.41, 5.74) is -0.599. The van der Waals surface area contributed by atoms with Gasteiger partial charge in [-0.1, -0.05) is 0 Å². The van der Waals surface area contributed by atoms with Crippen LogP contribution in [0.25, 0.3) is 4.98 Å². The van der Waals surface area contributed by atoms with Crippen LogP contribution in [0.15, 0.2) is 20.3 Å². The lowest BCUT2D eigenvalue weighted by atomic mass is 10.2. The first-order valence-corrected chi connectivity index (χ1v) is 7.80. The fourth-order valence-corrected chi connectivity index (χ4v) is 4.41. The van der Waals surface area contributed by atoms with Gasteiger partial charge in [0.25, 0.3) is 20.2 Å². The van der Waals surface area contributed by atoms with E-state index in [9.17, 15) is 16.8 Å². The monoisotopic (exact) mass is 392 g/mol. The van der Waals surface area contributed by atoms with Crippen LogP contribution in [0.2, 0.25) is 0 Å². The highest BCUT2D eigenvalue weighted by molar-refractivity contribution is 9.10. The summed E-state index contributed by atoms with van der Waals surface area (Å²) in [6, 6.07) is 0.753. The number of hydrogen-bond donors (Lipinski definition) is 2. The van der Waals surface area contributed by atoms with Crippen molar-refractivity contribution in [2.24, 2.45) is 0 Å². The van der Waals surface area contributed by atoms with E-state index in [-0.39, 0.29) is 18.0 Å². The standard InChI is InChI=1S/C7H5BrN2O6S2.ClH/c1-3-4(10-9)2-5(17(11,12)13)6(8)7(3)18(14,15)16;/h2H,1H3,(H-,11,12,13,14,15,16);1H. The molecule has 0 radical (unpaired) electrons. The maximum Gasteiger partial charge on any atom is 0.390 e. The molecular formula is C7H6BrClN2O6S2. The predicted octanol–water partition coefficient (Wildman–Crippen LogP) is -1.26. The number of diazo groups is 1. The predicted molar refractivity (Wildman–Crippen MR) is 63.3 cm³/mol. The molecule has 0 amide bonds. The molecule has 0 aliphatic carbocycles. The van der Waals surface area contributed by atoms with Crippen LogP contribution in [0.1, 0.15) is 5.56 Å². The minimum atomic E-state index is -4.77. The topological polar surface area (TPSA) is 137 Å². The van der Waals surface area contributed by atoms with Gasteiger partial charge in [-0.3, -0.25) is 9.11 Å². The normalized spacial score (nSPS) is 11.5. The van der Waals surface area contributed by atoms with Crippen LogP contribution in [0.5, 0.6) is 0 Å². The molecule has 0 aromatic heterocycles. The zero-order chi connectivity index (χ0) is 14.3. The van der Waals surface area contributed by atoms with Gasteiger partial charge in [0.2, 0.25) is 5.39 Å². The molecule has 0 atom stereocenters. The highest BCUT2D eigenvalue weighted by atomic mass is 79.9. The number of hydrogen-bond acceptors (Lipinski definition) is 5. The average Bonchev–Trinajstić information content (AvgIpc) is 2.13.